The van der Waals surface area contributed by atoms with Gasteiger partial charge in [0.05, 0.1) is 18.7 Å². The predicted molar refractivity (Wildman–Crippen MR) is 124 cm³/mol. The van der Waals surface area contributed by atoms with Crippen molar-refractivity contribution >= 4 is 17.0 Å². The molecule has 5 rings (SSSR count). The van der Waals surface area contributed by atoms with E-state index in [0.717, 1.165) is 31.3 Å². The van der Waals surface area contributed by atoms with Gasteiger partial charge >= 0.3 is 6.09 Å². The van der Waals surface area contributed by atoms with Crippen LogP contribution in [0.1, 0.15) is 45.3 Å². The topological polar surface area (TPSA) is 83.9 Å². The van der Waals surface area contributed by atoms with Crippen LogP contribution in [0.4, 0.5) is 4.79 Å². The molecule has 3 fully saturated rings. The molecule has 3 saturated heterocycles. The molecule has 0 aliphatic carbocycles. The molecule has 7 nitrogen and oxygen atoms in total. The zero-order chi connectivity index (χ0) is 23.0. The van der Waals surface area contributed by atoms with Gasteiger partial charge in [0.1, 0.15) is 5.75 Å². The van der Waals surface area contributed by atoms with Crippen molar-refractivity contribution in [3.8, 4) is 11.6 Å². The number of rotatable bonds is 5. The summed E-state index contributed by atoms with van der Waals surface area (Å²) in [5.41, 5.74) is 0.904. The SMILES string of the molecule is C=C[C@H]1CN2CC[C@H]1C[C@@H]2[C@@H](O)c1cc(OC(=O)NC(C)(C)C)nc2ccc(OC)cc12. The van der Waals surface area contributed by atoms with Gasteiger partial charge in [0.2, 0.25) is 5.88 Å². The van der Waals surface area contributed by atoms with Gasteiger partial charge in [0, 0.05) is 29.6 Å². The molecule has 2 aromatic rings. The monoisotopic (exact) mass is 439 g/mol. The molecule has 4 heterocycles. The average Bonchev–Trinajstić information content (AvgIpc) is 2.76. The molecule has 1 unspecified atom stereocenters. The second-order valence-corrected chi connectivity index (χ2v) is 9.89. The van der Waals surface area contributed by atoms with Crippen LogP contribution in [0.15, 0.2) is 36.9 Å². The quantitative estimate of drug-likeness (QED) is 0.684. The molecule has 2 N–H and O–H groups in total. The number of piperidine rings is 3. The van der Waals surface area contributed by atoms with Crippen LogP contribution >= 0.6 is 0 Å². The molecule has 1 aromatic carbocycles. The first-order chi connectivity index (χ1) is 15.2. The van der Waals surface area contributed by atoms with Gasteiger partial charge in [-0.2, -0.15) is 0 Å². The molecule has 0 spiro atoms. The molecule has 3 aliphatic heterocycles. The van der Waals surface area contributed by atoms with Crippen LogP contribution in [-0.2, 0) is 0 Å². The van der Waals surface area contributed by atoms with E-state index in [-0.39, 0.29) is 11.9 Å². The lowest BCUT2D eigenvalue weighted by Gasteiger charge is -2.50. The summed E-state index contributed by atoms with van der Waals surface area (Å²) in [6.45, 7) is 11.5. The number of ether oxygens (including phenoxy) is 2. The number of nitrogens with zero attached hydrogens (tertiary/aromatic N) is 2. The zero-order valence-electron chi connectivity index (χ0n) is 19.3. The Hall–Kier alpha value is -2.64. The Balaban J connectivity index is 1.69. The molecule has 172 valence electrons. The molecule has 1 amide bonds. The van der Waals surface area contributed by atoms with Gasteiger partial charge in [-0.3, -0.25) is 4.90 Å². The fourth-order valence-corrected chi connectivity index (χ4v) is 4.97. The van der Waals surface area contributed by atoms with Crippen molar-refractivity contribution in [2.24, 2.45) is 11.8 Å². The normalized spacial score (nSPS) is 25.9. The third kappa shape index (κ3) is 4.59. The first-order valence-electron chi connectivity index (χ1n) is 11.2. The maximum Gasteiger partial charge on any atom is 0.414 e. The van der Waals surface area contributed by atoms with E-state index in [2.05, 4.69) is 21.8 Å². The molecule has 32 heavy (non-hydrogen) atoms. The molecule has 5 atom stereocenters. The number of fused-ring (bicyclic) bond motifs is 4. The summed E-state index contributed by atoms with van der Waals surface area (Å²) in [5.74, 6) is 1.86. The summed E-state index contributed by atoms with van der Waals surface area (Å²) < 4.78 is 10.9. The number of aliphatic hydroxyl groups is 1. The number of amides is 1. The van der Waals surface area contributed by atoms with Crippen LogP contribution in [0.3, 0.4) is 0 Å². The van der Waals surface area contributed by atoms with E-state index in [0.29, 0.717) is 28.7 Å². The van der Waals surface area contributed by atoms with Crippen LogP contribution in [-0.4, -0.2) is 52.9 Å². The third-order valence-corrected chi connectivity index (χ3v) is 6.54. The fraction of sp³-hybridized carbons (Fsp3) is 0.520. The number of benzene rings is 1. The summed E-state index contributed by atoms with van der Waals surface area (Å²) in [6.07, 6.45) is 2.77. The van der Waals surface area contributed by atoms with Crippen LogP contribution < -0.4 is 14.8 Å². The van der Waals surface area contributed by atoms with E-state index < -0.39 is 17.7 Å². The van der Waals surface area contributed by atoms with Crippen LogP contribution in [0.5, 0.6) is 11.6 Å². The van der Waals surface area contributed by atoms with Crippen molar-refractivity contribution in [2.75, 3.05) is 20.2 Å². The Morgan fingerprint density at radius 3 is 2.78 bits per heavy atom. The van der Waals surface area contributed by atoms with Gasteiger partial charge in [-0.05, 0) is 75.8 Å². The molecular weight excluding hydrogens is 406 g/mol. The molecule has 1 aromatic heterocycles. The number of hydrogen-bond acceptors (Lipinski definition) is 6. The maximum atomic E-state index is 12.3. The van der Waals surface area contributed by atoms with Crippen molar-refractivity contribution in [3.63, 3.8) is 0 Å². The van der Waals surface area contributed by atoms with E-state index in [4.69, 9.17) is 9.47 Å². The molecule has 0 radical (unpaired) electrons. The van der Waals surface area contributed by atoms with Crippen molar-refractivity contribution in [3.05, 3.63) is 42.5 Å². The van der Waals surface area contributed by atoms with Crippen molar-refractivity contribution in [2.45, 2.75) is 51.3 Å². The average molecular weight is 440 g/mol. The van der Waals surface area contributed by atoms with Gasteiger partial charge in [0.25, 0.3) is 0 Å². The van der Waals surface area contributed by atoms with Gasteiger partial charge in [-0.25, -0.2) is 9.78 Å². The Bertz CT molecular complexity index is 1020. The number of hydrogen-bond donors (Lipinski definition) is 2. The minimum atomic E-state index is -0.741. The summed E-state index contributed by atoms with van der Waals surface area (Å²) >= 11 is 0. The van der Waals surface area contributed by atoms with Crippen molar-refractivity contribution < 1.29 is 19.4 Å². The first kappa shape index (κ1) is 22.6. The smallest absolute Gasteiger partial charge is 0.414 e. The highest BCUT2D eigenvalue weighted by atomic mass is 16.6. The van der Waals surface area contributed by atoms with Crippen LogP contribution in [0, 0.1) is 11.8 Å². The minimum Gasteiger partial charge on any atom is -0.497 e. The third-order valence-electron chi connectivity index (χ3n) is 6.54. The zero-order valence-corrected chi connectivity index (χ0v) is 19.3. The van der Waals surface area contributed by atoms with Crippen molar-refractivity contribution in [1.82, 2.24) is 15.2 Å². The predicted octanol–water partition coefficient (Wildman–Crippen LogP) is 4.06. The number of pyridine rings is 1. The lowest BCUT2D eigenvalue weighted by molar-refractivity contribution is -0.0445. The summed E-state index contributed by atoms with van der Waals surface area (Å²) in [4.78, 5) is 19.2. The summed E-state index contributed by atoms with van der Waals surface area (Å²) in [6, 6.07) is 7.19. The van der Waals surface area contributed by atoms with Gasteiger partial charge < -0.3 is 19.9 Å². The molecular formula is C25H33N3O4. The lowest BCUT2D eigenvalue weighted by Crippen LogP contribution is -2.54. The molecule has 3 aliphatic rings. The highest BCUT2D eigenvalue weighted by Crippen LogP contribution is 2.42. The van der Waals surface area contributed by atoms with E-state index in [1.807, 2.05) is 45.0 Å². The highest BCUT2D eigenvalue weighted by molar-refractivity contribution is 5.85. The number of aromatic nitrogens is 1. The second kappa shape index (κ2) is 8.71. The highest BCUT2D eigenvalue weighted by Gasteiger charge is 2.42. The van der Waals surface area contributed by atoms with Crippen molar-refractivity contribution in [1.29, 1.82) is 0 Å². The summed E-state index contributed by atoms with van der Waals surface area (Å²) in [5, 5.41) is 15.1. The number of methoxy groups -OCH3 is 1. The molecule has 7 heteroatoms. The van der Waals surface area contributed by atoms with E-state index in [9.17, 15) is 9.90 Å². The first-order valence-corrected chi connectivity index (χ1v) is 11.2. The second-order valence-electron chi connectivity index (χ2n) is 9.89. The standard InChI is InChI=1S/C25H33N3O4/c1-6-15-14-28-10-9-16(15)11-21(28)23(29)19-13-22(32-24(30)27-25(2,3)4)26-20-8-7-17(31-5)12-18(19)20/h6-8,12-13,15-16,21,23,29H,1,9-11,14H2,2-5H3,(H,27,30)/t15-,16-,21+,23-/m0/s1. The summed E-state index contributed by atoms with van der Waals surface area (Å²) in [7, 11) is 1.61. The number of aliphatic hydroxyl groups excluding tert-OH is 1. The minimum absolute atomic E-state index is 0.00185. The van der Waals surface area contributed by atoms with Gasteiger partial charge in [-0.1, -0.05) is 6.08 Å². The fourth-order valence-electron chi connectivity index (χ4n) is 4.97. The Labute approximate surface area is 189 Å². The van der Waals surface area contributed by atoms with E-state index in [1.54, 1.807) is 13.2 Å². The Morgan fingerprint density at radius 2 is 2.16 bits per heavy atom. The molecule has 2 bridgehead atoms. The number of carbonyl (C=O) groups is 1. The number of nitrogens with one attached hydrogen (secondary N) is 1. The lowest BCUT2D eigenvalue weighted by atomic mass is 9.73. The number of carbonyl (C=O) groups excluding carboxylic acids is 1. The van der Waals surface area contributed by atoms with Gasteiger partial charge in [-0.15, -0.1) is 6.58 Å². The van der Waals surface area contributed by atoms with Gasteiger partial charge in [0.15, 0.2) is 0 Å². The Kier molecular flexibility index (Phi) is 6.14. The van der Waals surface area contributed by atoms with E-state index >= 15 is 0 Å². The van der Waals surface area contributed by atoms with E-state index in [1.165, 1.54) is 0 Å². The maximum absolute atomic E-state index is 12.3. The molecule has 0 saturated carbocycles. The van der Waals surface area contributed by atoms with Crippen LogP contribution in [0.2, 0.25) is 0 Å². The van der Waals surface area contributed by atoms with Crippen LogP contribution in [0.25, 0.3) is 10.9 Å². The largest absolute Gasteiger partial charge is 0.497 e. The Morgan fingerprint density at radius 1 is 1.38 bits per heavy atom.